The van der Waals surface area contributed by atoms with Crippen molar-refractivity contribution in [3.8, 4) is 0 Å². The first-order valence-electron chi connectivity index (χ1n) is 4.79. The minimum Gasteiger partial charge on any atom is -0.296 e. The lowest BCUT2D eigenvalue weighted by molar-refractivity contribution is -0.116. The number of likely N-dealkylation sites (N-methyl/N-ethyl adjacent to an activating group) is 1. The van der Waals surface area contributed by atoms with E-state index in [1.807, 2.05) is 50.2 Å². The van der Waals surface area contributed by atoms with E-state index >= 15 is 0 Å². The molecule has 0 radical (unpaired) electrons. The summed E-state index contributed by atoms with van der Waals surface area (Å²) in [4.78, 5) is 13.6. The third kappa shape index (κ3) is 2.70. The molecule has 0 aromatic heterocycles. The van der Waals surface area contributed by atoms with Crippen LogP contribution in [0.2, 0.25) is 0 Å². The Bertz CT molecular complexity index is 374. The first-order chi connectivity index (χ1) is 7.07. The van der Waals surface area contributed by atoms with Gasteiger partial charge in [-0.1, -0.05) is 36.5 Å². The van der Waals surface area contributed by atoms with E-state index in [1.165, 1.54) is 5.37 Å². The van der Waals surface area contributed by atoms with Crippen molar-refractivity contribution in [2.75, 3.05) is 14.1 Å². The second-order valence-electron chi connectivity index (χ2n) is 3.74. The lowest BCUT2D eigenvalue weighted by Crippen LogP contribution is -2.28. The van der Waals surface area contributed by atoms with Crippen LogP contribution in [0.4, 0.5) is 0 Å². The maximum absolute atomic E-state index is 11.7. The van der Waals surface area contributed by atoms with Gasteiger partial charge in [-0.3, -0.25) is 9.69 Å². The van der Waals surface area contributed by atoms with Crippen molar-refractivity contribution < 1.29 is 4.79 Å². The normalized spacial score (nSPS) is 12.5. The van der Waals surface area contributed by atoms with E-state index in [1.54, 1.807) is 0 Å². The largest absolute Gasteiger partial charge is 0.296 e. The van der Waals surface area contributed by atoms with Crippen LogP contribution in [0.15, 0.2) is 24.3 Å². The zero-order chi connectivity index (χ0) is 11.4. The monoisotopic (exact) mass is 221 g/mol. The number of benzene rings is 1. The maximum atomic E-state index is 11.7. The summed E-state index contributed by atoms with van der Waals surface area (Å²) in [6, 6.07) is 7.62. The molecule has 1 atom stereocenters. The Hall–Kier alpha value is -1.06. The van der Waals surface area contributed by atoms with Crippen LogP contribution >= 0.6 is 12.2 Å². The van der Waals surface area contributed by atoms with Crippen LogP contribution in [0.25, 0.3) is 0 Å². The molecular weight excluding hydrogens is 206 g/mol. The van der Waals surface area contributed by atoms with Crippen LogP contribution in [0, 0.1) is 6.92 Å². The minimum absolute atomic E-state index is 0.0377. The molecule has 0 fully saturated rings. The zero-order valence-electron chi connectivity index (χ0n) is 9.23. The second-order valence-corrected chi connectivity index (χ2v) is 3.98. The van der Waals surface area contributed by atoms with Crippen molar-refractivity contribution >= 4 is 23.4 Å². The fourth-order valence-corrected chi connectivity index (χ4v) is 1.77. The predicted molar refractivity (Wildman–Crippen MR) is 66.3 cm³/mol. The molecule has 0 aliphatic carbocycles. The summed E-state index contributed by atoms with van der Waals surface area (Å²) in [6.45, 7) is 2.00. The van der Waals surface area contributed by atoms with E-state index in [0.29, 0.717) is 0 Å². The number of thiocarbonyl (C=S) groups is 1. The number of aryl methyl sites for hydroxylation is 1. The molecule has 0 spiro atoms. The maximum Gasteiger partial charge on any atom is 0.187 e. The fourth-order valence-electron chi connectivity index (χ4n) is 1.64. The number of carbonyl (C=O) groups excluding carboxylic acids is 1. The minimum atomic E-state index is -0.260. The van der Waals surface area contributed by atoms with Gasteiger partial charge in [0.1, 0.15) is 0 Å². The summed E-state index contributed by atoms with van der Waals surface area (Å²) >= 11 is 4.71. The summed E-state index contributed by atoms with van der Waals surface area (Å²) in [6.07, 6.45) is 0. The fraction of sp³-hybridized carbons (Fsp3) is 0.333. The summed E-state index contributed by atoms with van der Waals surface area (Å²) in [7, 11) is 3.77. The Kier molecular flexibility index (Phi) is 4.12. The number of Topliss-reactive ketones (excluding diaryl/α,β-unsaturated/α-hetero) is 1. The molecule has 2 nitrogen and oxygen atoms in total. The van der Waals surface area contributed by atoms with Gasteiger partial charge >= 0.3 is 0 Å². The van der Waals surface area contributed by atoms with Gasteiger partial charge in [-0.05, 0) is 32.1 Å². The van der Waals surface area contributed by atoms with Gasteiger partial charge in [0.25, 0.3) is 0 Å². The first-order valence-corrected chi connectivity index (χ1v) is 5.26. The van der Waals surface area contributed by atoms with Crippen molar-refractivity contribution in [1.82, 2.24) is 4.90 Å². The third-order valence-corrected chi connectivity index (χ3v) is 2.62. The molecule has 1 aromatic rings. The SMILES string of the molecule is Cc1ccccc1C(C(=O)C=S)N(C)C. The Balaban J connectivity index is 3.16. The van der Waals surface area contributed by atoms with Gasteiger partial charge in [0.2, 0.25) is 0 Å². The Morgan fingerprint density at radius 3 is 2.47 bits per heavy atom. The average Bonchev–Trinajstić information content (AvgIpc) is 2.20. The van der Waals surface area contributed by atoms with Crippen LogP contribution in [-0.4, -0.2) is 30.1 Å². The topological polar surface area (TPSA) is 20.3 Å². The molecule has 0 N–H and O–H groups in total. The summed E-state index contributed by atoms with van der Waals surface area (Å²) < 4.78 is 0. The van der Waals surface area contributed by atoms with Crippen LogP contribution in [0.1, 0.15) is 17.2 Å². The highest BCUT2D eigenvalue weighted by molar-refractivity contribution is 7.80. The summed E-state index contributed by atoms with van der Waals surface area (Å²) in [5.74, 6) is -0.0377. The van der Waals surface area contributed by atoms with Crippen LogP contribution in [0.5, 0.6) is 0 Å². The molecule has 0 saturated carbocycles. The molecule has 1 aromatic carbocycles. The van der Waals surface area contributed by atoms with Gasteiger partial charge in [-0.15, -0.1) is 0 Å². The second kappa shape index (κ2) is 5.14. The highest BCUT2D eigenvalue weighted by Crippen LogP contribution is 2.21. The summed E-state index contributed by atoms with van der Waals surface area (Å²) in [5, 5.41) is 1.22. The third-order valence-electron chi connectivity index (χ3n) is 2.39. The van der Waals surface area contributed by atoms with Crippen LogP contribution in [-0.2, 0) is 4.79 Å². The van der Waals surface area contributed by atoms with Crippen molar-refractivity contribution in [2.24, 2.45) is 0 Å². The Labute approximate surface area is 95.9 Å². The molecule has 1 rings (SSSR count). The van der Waals surface area contributed by atoms with E-state index < -0.39 is 0 Å². The van der Waals surface area contributed by atoms with Gasteiger partial charge in [-0.25, -0.2) is 0 Å². The molecule has 0 heterocycles. The molecule has 0 saturated heterocycles. The molecule has 0 aliphatic heterocycles. The van der Waals surface area contributed by atoms with Crippen molar-refractivity contribution in [1.29, 1.82) is 0 Å². The van der Waals surface area contributed by atoms with Gasteiger partial charge < -0.3 is 0 Å². The van der Waals surface area contributed by atoms with Gasteiger partial charge in [0.05, 0.1) is 6.04 Å². The van der Waals surface area contributed by atoms with E-state index in [2.05, 4.69) is 0 Å². The van der Waals surface area contributed by atoms with Crippen molar-refractivity contribution in [3.63, 3.8) is 0 Å². The summed E-state index contributed by atoms with van der Waals surface area (Å²) in [5.41, 5.74) is 2.13. The molecule has 1 unspecified atom stereocenters. The average molecular weight is 221 g/mol. The van der Waals surface area contributed by atoms with E-state index in [-0.39, 0.29) is 11.8 Å². The quantitative estimate of drug-likeness (QED) is 0.727. The molecule has 3 heteroatoms. The van der Waals surface area contributed by atoms with Crippen LogP contribution < -0.4 is 0 Å². The number of rotatable bonds is 4. The molecule has 0 bridgehead atoms. The molecular formula is C12H15NOS. The number of carbonyl (C=O) groups is 1. The zero-order valence-corrected chi connectivity index (χ0v) is 10.0. The van der Waals surface area contributed by atoms with Crippen molar-refractivity contribution in [3.05, 3.63) is 35.4 Å². The van der Waals surface area contributed by atoms with E-state index in [9.17, 15) is 4.79 Å². The molecule has 15 heavy (non-hydrogen) atoms. The Morgan fingerprint density at radius 2 is 2.00 bits per heavy atom. The van der Waals surface area contributed by atoms with Gasteiger partial charge in [-0.2, -0.15) is 0 Å². The Morgan fingerprint density at radius 1 is 1.40 bits per heavy atom. The first kappa shape index (κ1) is 12.0. The lowest BCUT2D eigenvalue weighted by atomic mass is 9.98. The lowest BCUT2D eigenvalue weighted by Gasteiger charge is -2.23. The number of nitrogens with zero attached hydrogens (tertiary/aromatic N) is 1. The van der Waals surface area contributed by atoms with Crippen molar-refractivity contribution in [2.45, 2.75) is 13.0 Å². The van der Waals surface area contributed by atoms with Crippen LogP contribution in [0.3, 0.4) is 0 Å². The number of ketones is 1. The highest BCUT2D eigenvalue weighted by Gasteiger charge is 2.21. The molecule has 80 valence electrons. The van der Waals surface area contributed by atoms with Gasteiger partial charge in [0, 0.05) is 5.37 Å². The highest BCUT2D eigenvalue weighted by atomic mass is 32.1. The molecule has 0 aliphatic rings. The number of hydrogen-bond acceptors (Lipinski definition) is 3. The van der Waals surface area contributed by atoms with E-state index in [0.717, 1.165) is 11.1 Å². The smallest absolute Gasteiger partial charge is 0.187 e. The number of hydrogen-bond donors (Lipinski definition) is 0. The molecule has 0 amide bonds. The standard InChI is InChI=1S/C12H15NOS/c1-9-6-4-5-7-10(9)12(13(2)3)11(14)8-15/h4-8,12H,1-3H3. The van der Waals surface area contributed by atoms with E-state index in [4.69, 9.17) is 12.2 Å². The predicted octanol–water partition coefficient (Wildman–Crippen LogP) is 2.17. The van der Waals surface area contributed by atoms with Gasteiger partial charge in [0.15, 0.2) is 5.78 Å².